The normalized spacial score (nSPS) is 20.7. The molecule has 18 nitrogen and oxygen atoms in total. The van der Waals surface area contributed by atoms with Crippen molar-refractivity contribution in [2.45, 2.75) is 11.8 Å². The number of hydrogen-bond donors (Lipinski definition) is 6. The molecular formula is C20H21N3O15S4. The van der Waals surface area contributed by atoms with Crippen LogP contribution in [0.1, 0.15) is 6.92 Å². The Morgan fingerprint density at radius 2 is 1.64 bits per heavy atom. The van der Waals surface area contributed by atoms with E-state index < -0.39 is 108 Å². The molecule has 0 bridgehead atoms. The number of sulfone groups is 1. The highest BCUT2D eigenvalue weighted by molar-refractivity contribution is 7.91. The average molecular weight is 672 g/mol. The van der Waals surface area contributed by atoms with E-state index in [0.29, 0.717) is 0 Å². The summed E-state index contributed by atoms with van der Waals surface area (Å²) in [7, 11) is -19.4. The van der Waals surface area contributed by atoms with Gasteiger partial charge in [-0.05, 0) is 24.3 Å². The van der Waals surface area contributed by atoms with Gasteiger partial charge in [0.25, 0.3) is 20.2 Å². The molecule has 0 saturated carbocycles. The zero-order valence-corrected chi connectivity index (χ0v) is 24.2. The van der Waals surface area contributed by atoms with Crippen LogP contribution in [0.15, 0.2) is 61.9 Å². The number of hydrazone groups is 1. The number of hydrogen-bond acceptors (Lipinski definition) is 14. The van der Waals surface area contributed by atoms with Crippen molar-refractivity contribution < 1.29 is 66.2 Å². The van der Waals surface area contributed by atoms with Crippen LogP contribution in [0.3, 0.4) is 0 Å². The first-order chi connectivity index (χ1) is 19.1. The molecule has 0 radical (unpaired) electrons. The molecule has 0 spiro atoms. The minimum atomic E-state index is -5.24. The predicted octanol–water partition coefficient (Wildman–Crippen LogP) is -0.855. The van der Waals surface area contributed by atoms with Gasteiger partial charge in [0.1, 0.15) is 16.4 Å². The first-order valence-electron chi connectivity index (χ1n) is 11.0. The molecule has 1 amide bonds. The molecule has 0 saturated heterocycles. The van der Waals surface area contributed by atoms with Crippen LogP contribution in [0.5, 0.6) is 5.75 Å². The number of allylic oxidation sites excluding steroid dienone is 5. The molecule has 2 aliphatic carbocycles. The number of ketones is 1. The van der Waals surface area contributed by atoms with Crippen molar-refractivity contribution in [3.8, 4) is 5.75 Å². The Balaban J connectivity index is 2.07. The Kier molecular flexibility index (Phi) is 9.14. The van der Waals surface area contributed by atoms with Crippen LogP contribution in [0.2, 0.25) is 0 Å². The highest BCUT2D eigenvalue weighted by Gasteiger charge is 2.44. The summed E-state index contributed by atoms with van der Waals surface area (Å²) in [5, 5.41) is 16.0. The lowest BCUT2D eigenvalue weighted by molar-refractivity contribution is -0.119. The van der Waals surface area contributed by atoms with Crippen molar-refractivity contribution in [2.75, 3.05) is 17.8 Å². The van der Waals surface area contributed by atoms with Gasteiger partial charge in [0.2, 0.25) is 5.91 Å². The first kappa shape index (κ1) is 33.0. The number of rotatable bonds is 10. The number of nitrogens with zero attached hydrogens (tertiary/aromatic N) is 1. The lowest BCUT2D eigenvalue weighted by Gasteiger charge is -2.32. The third kappa shape index (κ3) is 7.86. The number of carbonyl (C=O) groups excluding carboxylic acids is 2. The van der Waals surface area contributed by atoms with Crippen molar-refractivity contribution in [3.63, 3.8) is 0 Å². The molecule has 2 unspecified atom stereocenters. The summed E-state index contributed by atoms with van der Waals surface area (Å²) in [5.74, 6) is -6.49. The Labute approximate surface area is 238 Å². The summed E-state index contributed by atoms with van der Waals surface area (Å²) in [6.07, 6.45) is 2.31. The zero-order chi connectivity index (χ0) is 31.8. The summed E-state index contributed by atoms with van der Waals surface area (Å²) >= 11 is 0. The summed E-state index contributed by atoms with van der Waals surface area (Å²) in [6.45, 7) is 0.0494. The molecule has 2 aliphatic rings. The van der Waals surface area contributed by atoms with E-state index in [4.69, 9.17) is 4.55 Å². The number of phenolic OH excluding ortho intramolecular Hbond substituents is 1. The number of nitrogens with one attached hydrogen (secondary N) is 2. The van der Waals surface area contributed by atoms with Crippen LogP contribution in [0, 0.1) is 11.8 Å². The highest BCUT2D eigenvalue weighted by Crippen LogP contribution is 2.37. The van der Waals surface area contributed by atoms with Crippen LogP contribution in [-0.4, -0.2) is 82.2 Å². The number of carbonyl (C=O) groups is 2. The second-order valence-corrected chi connectivity index (χ2v) is 14.6. The van der Waals surface area contributed by atoms with Gasteiger partial charge < -0.3 is 10.4 Å². The van der Waals surface area contributed by atoms with Crippen LogP contribution in [0.4, 0.5) is 5.69 Å². The Bertz CT molecular complexity index is 1910. The number of amides is 1. The minimum Gasteiger partial charge on any atom is -0.506 e. The van der Waals surface area contributed by atoms with E-state index in [0.717, 1.165) is 43.4 Å². The van der Waals surface area contributed by atoms with Gasteiger partial charge in [-0.1, -0.05) is 12.2 Å². The van der Waals surface area contributed by atoms with Crippen molar-refractivity contribution >= 4 is 63.6 Å². The zero-order valence-electron chi connectivity index (χ0n) is 20.9. The SMILES string of the molecule is CC(=O)NC1=CC(S(=O)(=O)O)=CC2C=C(S(=O)(=O)O)/C(=N\Nc3cc(S(=O)(=O)CCOS(=O)(=O)O)ccc3O)C(=O)C12. The number of anilines is 1. The third-order valence-electron chi connectivity index (χ3n) is 5.56. The number of benzene rings is 1. The molecule has 1 aromatic rings. The Hall–Kier alpha value is -3.51. The molecule has 6 N–H and O–H groups in total. The Morgan fingerprint density at radius 3 is 2.19 bits per heavy atom. The summed E-state index contributed by atoms with van der Waals surface area (Å²) in [5.41, 5.74) is 0.229. The maximum atomic E-state index is 13.4. The molecular weight excluding hydrogens is 650 g/mol. The quantitative estimate of drug-likeness (QED) is 0.100. The van der Waals surface area contributed by atoms with Gasteiger partial charge in [-0.25, -0.2) is 12.6 Å². The largest absolute Gasteiger partial charge is 0.506 e. The topological polar surface area (TPSA) is 297 Å². The highest BCUT2D eigenvalue weighted by atomic mass is 32.3. The fourth-order valence-electron chi connectivity index (χ4n) is 3.84. The monoisotopic (exact) mass is 671 g/mol. The average Bonchev–Trinajstić information content (AvgIpc) is 2.81. The fraction of sp³-hybridized carbons (Fsp3) is 0.250. The molecule has 22 heteroatoms. The fourth-order valence-corrected chi connectivity index (χ4v) is 6.68. The van der Waals surface area contributed by atoms with Gasteiger partial charge in [-0.3, -0.25) is 28.7 Å². The summed E-state index contributed by atoms with van der Waals surface area (Å²) < 4.78 is 126. The molecule has 1 aromatic carbocycles. The van der Waals surface area contributed by atoms with Crippen LogP contribution in [0.25, 0.3) is 0 Å². The van der Waals surface area contributed by atoms with E-state index in [1.54, 1.807) is 0 Å². The number of fused-ring (bicyclic) bond motifs is 1. The molecule has 42 heavy (non-hydrogen) atoms. The second-order valence-electron chi connectivity index (χ2n) is 8.57. The second kappa shape index (κ2) is 11.6. The van der Waals surface area contributed by atoms with Crippen molar-refractivity contribution in [1.29, 1.82) is 0 Å². The third-order valence-corrected chi connectivity index (χ3v) is 9.44. The molecule has 0 aromatic heterocycles. The molecule has 0 aliphatic heterocycles. The van der Waals surface area contributed by atoms with E-state index in [-0.39, 0.29) is 5.70 Å². The standard InChI is InChI=1S/C20H21N3O15S4/c1-10(24)21-15-9-13(40(29,30)31)6-11-7-17(41(32,33)34)19(20(26)18(11)15)23-22-14-8-12(2-3-16(14)25)39(27,28)5-4-38-42(35,36)37/h2-3,6-9,11,18,22,25H,4-5H2,1H3,(H,21,24)(H,29,30,31)(H,32,33,34)(H,35,36,37)/b23-19+. The van der Waals surface area contributed by atoms with Gasteiger partial charge >= 0.3 is 10.4 Å². The maximum absolute atomic E-state index is 13.4. The van der Waals surface area contributed by atoms with Gasteiger partial charge in [0.05, 0.1) is 33.8 Å². The summed E-state index contributed by atoms with van der Waals surface area (Å²) in [4.78, 5) is 22.7. The van der Waals surface area contributed by atoms with E-state index >= 15 is 0 Å². The van der Waals surface area contributed by atoms with Gasteiger partial charge in [-0.2, -0.15) is 30.4 Å². The van der Waals surface area contributed by atoms with E-state index in [2.05, 4.69) is 20.0 Å². The van der Waals surface area contributed by atoms with Gasteiger partial charge in [0, 0.05) is 18.5 Å². The first-order valence-corrected chi connectivity index (χ1v) is 16.9. The van der Waals surface area contributed by atoms with Crippen LogP contribution >= 0.6 is 0 Å². The number of aromatic hydroxyl groups is 1. The predicted molar refractivity (Wildman–Crippen MR) is 142 cm³/mol. The molecule has 0 fully saturated rings. The van der Waals surface area contributed by atoms with Crippen LogP contribution < -0.4 is 10.7 Å². The number of Topliss-reactive ketones (excluding diaryl/α,β-unsaturated/α-hetero) is 1. The Morgan fingerprint density at radius 1 is 1.00 bits per heavy atom. The smallest absolute Gasteiger partial charge is 0.397 e. The van der Waals surface area contributed by atoms with Gasteiger partial charge in [-0.15, -0.1) is 0 Å². The lowest BCUT2D eigenvalue weighted by atomic mass is 9.77. The van der Waals surface area contributed by atoms with E-state index in [1.807, 2.05) is 0 Å². The summed E-state index contributed by atoms with van der Waals surface area (Å²) in [6, 6.07) is 2.54. The van der Waals surface area contributed by atoms with Gasteiger partial charge in [0.15, 0.2) is 15.6 Å². The molecule has 3 rings (SSSR count). The lowest BCUT2D eigenvalue weighted by Crippen LogP contribution is -2.43. The maximum Gasteiger partial charge on any atom is 0.397 e. The molecule has 0 heterocycles. The van der Waals surface area contributed by atoms with Crippen LogP contribution in [-0.2, 0) is 54.2 Å². The molecule has 230 valence electrons. The van der Waals surface area contributed by atoms with E-state index in [9.17, 15) is 57.5 Å². The van der Waals surface area contributed by atoms with Crippen molar-refractivity contribution in [3.05, 3.63) is 51.9 Å². The van der Waals surface area contributed by atoms with Crippen molar-refractivity contribution in [1.82, 2.24) is 5.32 Å². The van der Waals surface area contributed by atoms with Crippen molar-refractivity contribution in [2.24, 2.45) is 16.9 Å². The minimum absolute atomic E-state index is 0.367. The van der Waals surface area contributed by atoms with E-state index in [1.165, 1.54) is 0 Å². The molecule has 2 atom stereocenters. The number of phenols is 1.